The Bertz CT molecular complexity index is 1470. The lowest BCUT2D eigenvalue weighted by atomic mass is 9.99. The van der Waals surface area contributed by atoms with Crippen LogP contribution in [0.15, 0.2) is 36.5 Å². The van der Waals surface area contributed by atoms with Crippen molar-refractivity contribution in [2.45, 2.75) is 391 Å². The van der Waals surface area contributed by atoms with E-state index >= 15 is 0 Å². The van der Waals surface area contributed by atoms with E-state index in [2.05, 4.69) is 43.5 Å². The SMILES string of the molecule is CCCCCCCCCCCCCCC/C=C/C(O)C(COC1OC(CO)C(O)C(O)C1O)NC(=O)CCCCCCCCCCCCCCC/C=C\C/C=C\CCCCCCCCCCCOC(=O)CCCCCCCCCCCCC. The van der Waals surface area contributed by atoms with Crippen molar-refractivity contribution in [2.24, 2.45) is 0 Å². The highest BCUT2D eigenvalue weighted by Crippen LogP contribution is 2.23. The molecule has 0 aliphatic carbocycles. The molecule has 7 unspecified atom stereocenters. The molecule has 1 amide bonds. The Hall–Kier alpha value is -2.12. The lowest BCUT2D eigenvalue weighted by Gasteiger charge is -2.40. The fourth-order valence-electron chi connectivity index (χ4n) is 11.4. The van der Waals surface area contributed by atoms with Crippen LogP contribution in [0.3, 0.4) is 0 Å². The molecule has 0 aromatic heterocycles. The van der Waals surface area contributed by atoms with Gasteiger partial charge >= 0.3 is 5.97 Å². The Morgan fingerprint density at radius 1 is 0.446 bits per heavy atom. The van der Waals surface area contributed by atoms with E-state index in [0.29, 0.717) is 19.4 Å². The molecular formula is C72H135NO10. The third-order valence-electron chi connectivity index (χ3n) is 17.0. The molecule has 0 bridgehead atoms. The number of rotatable bonds is 63. The summed E-state index contributed by atoms with van der Waals surface area (Å²) in [7, 11) is 0. The Morgan fingerprint density at radius 2 is 0.807 bits per heavy atom. The van der Waals surface area contributed by atoms with Gasteiger partial charge in [0.25, 0.3) is 0 Å². The minimum atomic E-state index is -1.57. The second kappa shape index (κ2) is 61.5. The van der Waals surface area contributed by atoms with Crippen molar-refractivity contribution in [1.82, 2.24) is 5.32 Å². The summed E-state index contributed by atoms with van der Waals surface area (Å²) in [5.74, 6) is -0.177. The van der Waals surface area contributed by atoms with Crippen molar-refractivity contribution < 1.29 is 49.3 Å². The van der Waals surface area contributed by atoms with E-state index < -0.39 is 49.5 Å². The van der Waals surface area contributed by atoms with Crippen molar-refractivity contribution in [3.63, 3.8) is 0 Å². The summed E-state index contributed by atoms with van der Waals surface area (Å²) in [6.45, 7) is 4.37. The summed E-state index contributed by atoms with van der Waals surface area (Å²) in [6, 6.07) is -0.811. The van der Waals surface area contributed by atoms with Gasteiger partial charge in [-0.15, -0.1) is 0 Å². The average Bonchev–Trinajstić information content (AvgIpc) is 3.51. The number of carbonyl (C=O) groups excluding carboxylic acids is 2. The number of ether oxygens (including phenoxy) is 3. The summed E-state index contributed by atoms with van der Waals surface area (Å²) in [6.07, 6.45) is 68.3. The van der Waals surface area contributed by atoms with Gasteiger partial charge in [0.2, 0.25) is 5.91 Å². The van der Waals surface area contributed by atoms with Crippen LogP contribution in [0.5, 0.6) is 0 Å². The van der Waals surface area contributed by atoms with Crippen LogP contribution in [0.2, 0.25) is 0 Å². The van der Waals surface area contributed by atoms with Gasteiger partial charge in [-0.05, 0) is 64.2 Å². The zero-order valence-corrected chi connectivity index (χ0v) is 54.2. The number of carbonyl (C=O) groups is 2. The first-order valence-corrected chi connectivity index (χ1v) is 35.8. The van der Waals surface area contributed by atoms with Gasteiger partial charge in [0.1, 0.15) is 24.4 Å². The molecule has 0 spiro atoms. The van der Waals surface area contributed by atoms with E-state index in [4.69, 9.17) is 14.2 Å². The standard InChI is InChI=1S/C72H135NO10/c1-3-5-7-9-11-13-15-16-32-35-39-42-46-50-54-58-65(75)64(63-82-72-71(80)70(79)69(78)66(62-74)83-72)73-67(76)59-55-51-47-43-40-36-33-30-28-26-24-22-20-18-17-19-21-23-25-27-29-31-34-37-41-45-49-53-57-61-81-68(77)60-56-52-48-44-38-14-12-10-8-6-4-2/h17,19,23,25,54,58,64-66,69-72,74-75,78-80H,3-16,18,20-22,24,26-53,55-57,59-63H2,1-2H3,(H,73,76)/b19-17-,25-23-,58-54+. The fourth-order valence-corrected chi connectivity index (χ4v) is 11.4. The summed E-state index contributed by atoms with van der Waals surface area (Å²) in [5.41, 5.74) is 0. The second-order valence-corrected chi connectivity index (χ2v) is 24.9. The molecule has 1 fully saturated rings. The predicted molar refractivity (Wildman–Crippen MR) is 347 cm³/mol. The minimum Gasteiger partial charge on any atom is -0.466 e. The molecule has 0 aromatic rings. The number of esters is 1. The first-order valence-electron chi connectivity index (χ1n) is 35.8. The van der Waals surface area contributed by atoms with Gasteiger partial charge in [0, 0.05) is 12.8 Å². The lowest BCUT2D eigenvalue weighted by Crippen LogP contribution is -2.60. The van der Waals surface area contributed by atoms with Crippen LogP contribution in [0.25, 0.3) is 0 Å². The van der Waals surface area contributed by atoms with Crippen LogP contribution in [-0.2, 0) is 23.8 Å². The van der Waals surface area contributed by atoms with Gasteiger partial charge in [-0.25, -0.2) is 0 Å². The van der Waals surface area contributed by atoms with Crippen LogP contribution in [0.4, 0.5) is 0 Å². The maximum Gasteiger partial charge on any atom is 0.305 e. The van der Waals surface area contributed by atoms with E-state index in [1.165, 1.54) is 257 Å². The molecule has 7 atom stereocenters. The van der Waals surface area contributed by atoms with E-state index in [-0.39, 0.29) is 18.5 Å². The first-order chi connectivity index (χ1) is 40.7. The lowest BCUT2D eigenvalue weighted by molar-refractivity contribution is -0.302. The maximum atomic E-state index is 13.1. The molecule has 1 rings (SSSR count). The fraction of sp³-hybridized carbons (Fsp3) is 0.889. The van der Waals surface area contributed by atoms with Gasteiger partial charge in [-0.2, -0.15) is 0 Å². The number of unbranched alkanes of at least 4 members (excludes halogenated alkanes) is 45. The van der Waals surface area contributed by atoms with Crippen LogP contribution < -0.4 is 5.32 Å². The zero-order chi connectivity index (χ0) is 60.2. The summed E-state index contributed by atoms with van der Waals surface area (Å²) in [4.78, 5) is 25.1. The van der Waals surface area contributed by atoms with Crippen molar-refractivity contribution >= 4 is 11.9 Å². The average molecular weight is 1170 g/mol. The number of hydrogen-bond acceptors (Lipinski definition) is 10. The van der Waals surface area contributed by atoms with Gasteiger partial charge in [0.15, 0.2) is 6.29 Å². The number of amides is 1. The molecule has 0 aromatic carbocycles. The minimum absolute atomic E-state index is 0.00335. The molecule has 6 N–H and O–H groups in total. The Morgan fingerprint density at radius 3 is 1.22 bits per heavy atom. The Balaban J connectivity index is 2.02. The third-order valence-corrected chi connectivity index (χ3v) is 17.0. The van der Waals surface area contributed by atoms with E-state index in [0.717, 1.165) is 64.2 Å². The number of allylic oxidation sites excluding steroid dienone is 5. The molecular weight excluding hydrogens is 1040 g/mol. The molecule has 11 heteroatoms. The summed E-state index contributed by atoms with van der Waals surface area (Å²) < 4.78 is 16.7. The van der Waals surface area contributed by atoms with E-state index in [1.807, 2.05) is 6.08 Å². The Labute approximate surface area is 511 Å². The maximum absolute atomic E-state index is 13.1. The summed E-state index contributed by atoms with van der Waals surface area (Å²) in [5, 5.41) is 54.6. The molecule has 0 radical (unpaired) electrons. The van der Waals surface area contributed by atoms with Crippen LogP contribution >= 0.6 is 0 Å². The quantitative estimate of drug-likeness (QED) is 0.0195. The number of aliphatic hydroxyl groups excluding tert-OH is 5. The van der Waals surface area contributed by atoms with Crippen molar-refractivity contribution in [1.29, 1.82) is 0 Å². The smallest absolute Gasteiger partial charge is 0.305 e. The predicted octanol–water partition coefficient (Wildman–Crippen LogP) is 18.2. The molecule has 0 saturated carbocycles. The van der Waals surface area contributed by atoms with Crippen molar-refractivity contribution in [3.8, 4) is 0 Å². The zero-order valence-electron chi connectivity index (χ0n) is 54.2. The number of aliphatic hydroxyl groups is 5. The highest BCUT2D eigenvalue weighted by molar-refractivity contribution is 5.76. The number of nitrogens with one attached hydrogen (secondary N) is 1. The van der Waals surface area contributed by atoms with Gasteiger partial charge in [-0.1, -0.05) is 307 Å². The van der Waals surface area contributed by atoms with E-state index in [9.17, 15) is 35.1 Å². The highest BCUT2D eigenvalue weighted by Gasteiger charge is 2.44. The first kappa shape index (κ1) is 78.9. The molecule has 83 heavy (non-hydrogen) atoms. The largest absolute Gasteiger partial charge is 0.466 e. The highest BCUT2D eigenvalue weighted by atomic mass is 16.7. The molecule has 11 nitrogen and oxygen atoms in total. The topological polar surface area (TPSA) is 175 Å². The monoisotopic (exact) mass is 1170 g/mol. The molecule has 488 valence electrons. The molecule has 1 heterocycles. The Kier molecular flexibility index (Phi) is 58.5. The van der Waals surface area contributed by atoms with Crippen molar-refractivity contribution in [3.05, 3.63) is 36.5 Å². The molecule has 1 aliphatic heterocycles. The van der Waals surface area contributed by atoms with Gasteiger partial charge < -0.3 is 45.1 Å². The molecule has 1 aliphatic rings. The number of hydrogen-bond donors (Lipinski definition) is 6. The van der Waals surface area contributed by atoms with E-state index in [1.54, 1.807) is 6.08 Å². The van der Waals surface area contributed by atoms with Crippen LogP contribution in [0.1, 0.15) is 348 Å². The second-order valence-electron chi connectivity index (χ2n) is 24.9. The summed E-state index contributed by atoms with van der Waals surface area (Å²) >= 11 is 0. The van der Waals surface area contributed by atoms with Crippen molar-refractivity contribution in [2.75, 3.05) is 19.8 Å². The van der Waals surface area contributed by atoms with Gasteiger partial charge in [0.05, 0.1) is 32.0 Å². The van der Waals surface area contributed by atoms with Crippen LogP contribution in [-0.4, -0.2) is 100 Å². The molecule has 1 saturated heterocycles. The normalized spacial score (nSPS) is 18.3. The van der Waals surface area contributed by atoms with Crippen LogP contribution in [0, 0.1) is 0 Å². The third kappa shape index (κ3) is 50.6. The van der Waals surface area contributed by atoms with Gasteiger partial charge in [-0.3, -0.25) is 9.59 Å².